The molecule has 0 spiro atoms. The second-order valence-electron chi connectivity index (χ2n) is 13.8. The summed E-state index contributed by atoms with van der Waals surface area (Å²) in [5.74, 6) is 0. The number of aromatic nitrogens is 1. The molecule has 1 aliphatic rings. The normalized spacial score (nSPS) is 14.0. The van der Waals surface area contributed by atoms with Gasteiger partial charge >= 0.3 is 0 Å². The summed E-state index contributed by atoms with van der Waals surface area (Å²) in [5, 5.41) is 8.56. The van der Waals surface area contributed by atoms with Crippen molar-refractivity contribution in [3.8, 4) is 16.8 Å². The molecule has 0 saturated carbocycles. The Kier molecular flexibility index (Phi) is 6.89. The van der Waals surface area contributed by atoms with Gasteiger partial charge in [-0.2, -0.15) is 0 Å². The molecule has 0 bridgehead atoms. The third kappa shape index (κ3) is 4.49. The van der Waals surface area contributed by atoms with E-state index in [-0.39, 0.29) is 5.41 Å². The summed E-state index contributed by atoms with van der Waals surface area (Å²) in [4.78, 5) is 2.44. The van der Waals surface area contributed by atoms with E-state index in [4.69, 9.17) is 0 Å². The van der Waals surface area contributed by atoms with Crippen LogP contribution in [-0.2, 0) is 5.41 Å². The lowest BCUT2D eigenvalue weighted by Gasteiger charge is -2.29. The molecule has 2 nitrogen and oxygen atoms in total. The molecule has 1 aliphatic carbocycles. The highest BCUT2D eigenvalue weighted by atomic mass is 15.1. The monoisotopic (exact) mass is 642 g/mol. The zero-order valence-corrected chi connectivity index (χ0v) is 28.7. The second-order valence-corrected chi connectivity index (χ2v) is 13.8. The van der Waals surface area contributed by atoms with E-state index >= 15 is 0 Å². The molecule has 0 fully saturated rings. The number of para-hydroxylation sites is 1. The van der Waals surface area contributed by atoms with E-state index in [1.54, 1.807) is 0 Å². The number of nitrogens with zero attached hydrogens (tertiary/aromatic N) is 2. The molecule has 50 heavy (non-hydrogen) atoms. The molecule has 0 unspecified atom stereocenters. The van der Waals surface area contributed by atoms with E-state index in [9.17, 15) is 0 Å². The van der Waals surface area contributed by atoms with Crippen molar-refractivity contribution in [2.45, 2.75) is 26.2 Å². The average Bonchev–Trinajstić information content (AvgIpc) is 3.59. The summed E-state index contributed by atoms with van der Waals surface area (Å²) in [5.41, 5.74) is 10.9. The first kappa shape index (κ1) is 30.0. The van der Waals surface area contributed by atoms with Gasteiger partial charge in [0, 0.05) is 38.5 Å². The number of benzene rings is 7. The average molecular weight is 643 g/mol. The predicted octanol–water partition coefficient (Wildman–Crippen LogP) is 11.5. The minimum Gasteiger partial charge on any atom is -0.310 e. The summed E-state index contributed by atoms with van der Waals surface area (Å²) in [7, 11) is 0. The van der Waals surface area contributed by atoms with Crippen LogP contribution in [0.5, 0.6) is 0 Å². The summed E-state index contributed by atoms with van der Waals surface area (Å²) in [6, 6.07) is 53.5. The van der Waals surface area contributed by atoms with Crippen molar-refractivity contribution in [2.24, 2.45) is 0 Å². The van der Waals surface area contributed by atoms with Crippen LogP contribution in [0.2, 0.25) is 0 Å². The van der Waals surface area contributed by atoms with Crippen molar-refractivity contribution in [3.63, 3.8) is 0 Å². The Morgan fingerprint density at radius 2 is 1.24 bits per heavy atom. The number of allylic oxidation sites excluding steroid dienone is 1. The zero-order valence-electron chi connectivity index (χ0n) is 28.7. The van der Waals surface area contributed by atoms with Gasteiger partial charge in [-0.25, -0.2) is 0 Å². The van der Waals surface area contributed by atoms with E-state index in [1.807, 2.05) is 6.08 Å². The highest BCUT2D eigenvalue weighted by Crippen LogP contribution is 2.51. The summed E-state index contributed by atoms with van der Waals surface area (Å²) < 4.78 is 2.39. The predicted molar refractivity (Wildman–Crippen MR) is 215 cm³/mol. The first-order chi connectivity index (χ1) is 24.5. The molecule has 1 heterocycles. The fraction of sp³-hybridized carbons (Fsp3) is 0.0833. The molecule has 2 heteroatoms. The van der Waals surface area contributed by atoms with Crippen molar-refractivity contribution in [1.29, 1.82) is 0 Å². The Labute approximate surface area is 293 Å². The molecule has 0 radical (unpaired) electrons. The Bertz CT molecular complexity index is 2770. The van der Waals surface area contributed by atoms with Crippen molar-refractivity contribution >= 4 is 61.7 Å². The molecule has 240 valence electrons. The van der Waals surface area contributed by atoms with Crippen molar-refractivity contribution in [1.82, 2.24) is 4.57 Å². The molecule has 0 atom stereocenters. The van der Waals surface area contributed by atoms with Crippen LogP contribution in [0.3, 0.4) is 0 Å². The van der Waals surface area contributed by atoms with Gasteiger partial charge in [0.15, 0.2) is 0 Å². The van der Waals surface area contributed by atoms with Crippen LogP contribution in [0.1, 0.15) is 31.9 Å². The van der Waals surface area contributed by atoms with Crippen molar-refractivity contribution in [3.05, 3.63) is 180 Å². The number of hydrogen-bond donors (Lipinski definition) is 0. The highest BCUT2D eigenvalue weighted by Gasteiger charge is 2.36. The molecule has 0 amide bonds. The third-order valence-electron chi connectivity index (χ3n) is 10.7. The largest absolute Gasteiger partial charge is 0.310 e. The van der Waals surface area contributed by atoms with Gasteiger partial charge in [-0.3, -0.25) is 0 Å². The zero-order chi connectivity index (χ0) is 34.0. The molecule has 0 saturated heterocycles. The molecule has 7 aromatic carbocycles. The molecule has 9 rings (SSSR count). The van der Waals surface area contributed by atoms with Crippen LogP contribution in [0.15, 0.2) is 158 Å². The molecule has 1 aromatic heterocycles. The maximum atomic E-state index is 4.06. The van der Waals surface area contributed by atoms with Gasteiger partial charge in [0.2, 0.25) is 0 Å². The van der Waals surface area contributed by atoms with Crippen LogP contribution in [0.4, 0.5) is 17.1 Å². The summed E-state index contributed by atoms with van der Waals surface area (Å²) in [6.45, 7) is 10.9. The van der Waals surface area contributed by atoms with Gasteiger partial charge in [-0.05, 0) is 99.9 Å². The lowest BCUT2D eigenvalue weighted by molar-refractivity contribution is 0.660. The maximum Gasteiger partial charge on any atom is 0.0540 e. The topological polar surface area (TPSA) is 8.17 Å². The lowest BCUT2D eigenvalue weighted by Crippen LogP contribution is -2.28. The summed E-state index contributed by atoms with van der Waals surface area (Å²) in [6.07, 6.45) is 6.23. The van der Waals surface area contributed by atoms with E-state index in [0.717, 1.165) is 22.4 Å². The maximum absolute atomic E-state index is 4.06. The smallest absolute Gasteiger partial charge is 0.0540 e. The number of fused-ring (bicyclic) bond motifs is 6. The van der Waals surface area contributed by atoms with Crippen molar-refractivity contribution < 1.29 is 0 Å². The number of anilines is 3. The SMILES string of the molecule is C=C/C=c1\c(=C/C)c2ccccc2n1-c1ccc2c(c1)C(C)(C)c1cc(N(c3ccc4ccccc4c3)c3cccc4ccccc34)ccc1-2. The quantitative estimate of drug-likeness (QED) is 0.181. The Hall–Kier alpha value is -6.12. The molecule has 8 aromatic rings. The number of hydrogen-bond acceptors (Lipinski definition) is 1. The number of rotatable bonds is 5. The van der Waals surface area contributed by atoms with Gasteiger partial charge in [0.25, 0.3) is 0 Å². The first-order valence-corrected chi connectivity index (χ1v) is 17.4. The molecular weight excluding hydrogens is 605 g/mol. The van der Waals surface area contributed by atoms with Crippen LogP contribution in [0, 0.1) is 0 Å². The van der Waals surface area contributed by atoms with E-state index in [2.05, 4.69) is 195 Å². The second kappa shape index (κ2) is 11.5. The van der Waals surface area contributed by atoms with Crippen LogP contribution >= 0.6 is 0 Å². The summed E-state index contributed by atoms with van der Waals surface area (Å²) >= 11 is 0. The van der Waals surface area contributed by atoms with E-state index in [1.165, 1.54) is 65.6 Å². The van der Waals surface area contributed by atoms with Gasteiger partial charge < -0.3 is 9.47 Å². The fourth-order valence-electron chi connectivity index (χ4n) is 8.28. The van der Waals surface area contributed by atoms with Gasteiger partial charge in [0.05, 0.1) is 16.6 Å². The highest BCUT2D eigenvalue weighted by molar-refractivity contribution is 6.00. The third-order valence-corrected chi connectivity index (χ3v) is 10.7. The van der Waals surface area contributed by atoms with Gasteiger partial charge in [-0.1, -0.05) is 130 Å². The minimum absolute atomic E-state index is 0.213. The van der Waals surface area contributed by atoms with E-state index < -0.39 is 0 Å². The minimum atomic E-state index is -0.213. The first-order valence-electron chi connectivity index (χ1n) is 17.4. The molecule has 0 N–H and O–H groups in total. The standard InChI is InChI=1S/C48H38N2/c1-5-14-45-38(6-2)42-20-11-12-21-47(42)50(45)37-26-28-41-40-27-25-36(30-43(40)48(3,4)44(41)31-37)49(35-24-23-32-15-7-8-17-34(32)29-35)46-22-13-18-33-16-9-10-19-39(33)46/h5-31H,1H2,2-4H3/b38-6-,45-14+. The molecule has 0 aliphatic heterocycles. The van der Waals surface area contributed by atoms with Crippen molar-refractivity contribution in [2.75, 3.05) is 4.90 Å². The molecular formula is C48H38N2. The van der Waals surface area contributed by atoms with Crippen LogP contribution < -0.4 is 15.5 Å². The Morgan fingerprint density at radius 1 is 0.600 bits per heavy atom. The van der Waals surface area contributed by atoms with Gasteiger partial charge in [0.1, 0.15) is 0 Å². The van der Waals surface area contributed by atoms with E-state index in [0.29, 0.717) is 0 Å². The lowest BCUT2D eigenvalue weighted by atomic mass is 9.82. The Morgan fingerprint density at radius 3 is 2.04 bits per heavy atom. The Balaban J connectivity index is 1.23. The van der Waals surface area contributed by atoms with Crippen LogP contribution in [-0.4, -0.2) is 4.57 Å². The van der Waals surface area contributed by atoms with Gasteiger partial charge in [-0.15, -0.1) is 0 Å². The van der Waals surface area contributed by atoms with Crippen LogP contribution in [0.25, 0.3) is 61.4 Å². The fourth-order valence-corrected chi connectivity index (χ4v) is 8.28.